The van der Waals surface area contributed by atoms with E-state index in [1.165, 1.54) is 0 Å². The van der Waals surface area contributed by atoms with Crippen molar-refractivity contribution in [3.05, 3.63) is 0 Å². The van der Waals surface area contributed by atoms with Gasteiger partial charge in [0, 0.05) is 16.5 Å². The van der Waals surface area contributed by atoms with Crippen molar-refractivity contribution in [2.75, 3.05) is 0 Å². The first kappa shape index (κ1) is 9.39. The van der Waals surface area contributed by atoms with E-state index in [9.17, 15) is 0 Å². The molecule has 0 aromatic heterocycles. The summed E-state index contributed by atoms with van der Waals surface area (Å²) in [6.07, 6.45) is 0. The Morgan fingerprint density at radius 2 is 1.17 bits per heavy atom. The average Bonchev–Trinajstić information content (AvgIpc) is 1.39. The zero-order valence-corrected chi connectivity index (χ0v) is 5.08. The summed E-state index contributed by atoms with van der Waals surface area (Å²) in [4.78, 5) is 8.50. The number of rotatable bonds is 0. The standard InChI is InChI=1S/COS.CS2/c2*2-1-3. The van der Waals surface area contributed by atoms with E-state index in [-0.39, 0.29) is 0 Å². The molecule has 0 aliphatic rings. The summed E-state index contributed by atoms with van der Waals surface area (Å²) in [6.45, 7) is 0. The molecular weight excluding hydrogens is 136 g/mol. The van der Waals surface area contributed by atoms with Crippen molar-refractivity contribution < 1.29 is 4.79 Å². The van der Waals surface area contributed by atoms with E-state index >= 15 is 0 Å². The van der Waals surface area contributed by atoms with Crippen molar-refractivity contribution in [1.29, 1.82) is 0 Å². The maximum absolute atomic E-state index is 8.50. The first-order chi connectivity index (χ1) is 2.83. The molecule has 6 heavy (non-hydrogen) atoms. The highest BCUT2D eigenvalue weighted by Crippen LogP contribution is 1.29. The Morgan fingerprint density at radius 3 is 1.17 bits per heavy atom. The summed E-state index contributed by atoms with van der Waals surface area (Å²) >= 11 is 11.5. The van der Waals surface area contributed by atoms with Crippen molar-refractivity contribution in [1.82, 2.24) is 0 Å². The van der Waals surface area contributed by atoms with Crippen LogP contribution in [0, 0.1) is 0 Å². The molecule has 0 rings (SSSR count). The van der Waals surface area contributed by atoms with Crippen LogP contribution in [0.3, 0.4) is 0 Å². The van der Waals surface area contributed by atoms with E-state index in [4.69, 9.17) is 4.79 Å². The normalized spacial score (nSPS) is 2.67. The molecule has 0 saturated carbocycles. The minimum atomic E-state index is 1.08. The molecule has 0 saturated heterocycles. The Bertz CT molecular complexity index is 62.8. The molecule has 0 atom stereocenters. The Kier molecular flexibility index (Phi) is 31.1. The van der Waals surface area contributed by atoms with Crippen LogP contribution in [0.5, 0.6) is 0 Å². The Hall–Kier alpha value is 0.0200. The SMILES string of the molecule is O=C=S.S=C=S. The van der Waals surface area contributed by atoms with Crippen LogP contribution in [0.1, 0.15) is 0 Å². The summed E-state index contributed by atoms with van der Waals surface area (Å²) in [7, 11) is 0. The molecule has 0 aromatic carbocycles. The van der Waals surface area contributed by atoms with E-state index < -0.39 is 0 Å². The molecule has 32 valence electrons. The summed E-state index contributed by atoms with van der Waals surface area (Å²) in [5, 5.41) is 1.08. The van der Waals surface area contributed by atoms with Gasteiger partial charge >= 0.3 is 0 Å². The molecule has 1 nitrogen and oxygen atoms in total. The lowest BCUT2D eigenvalue weighted by Gasteiger charge is -0.992. The van der Waals surface area contributed by atoms with Crippen molar-refractivity contribution in [3.63, 3.8) is 0 Å². The largest absolute Gasteiger partial charge is 0.220 e. The zero-order valence-electron chi connectivity index (χ0n) is 2.63. The molecule has 0 aromatic rings. The van der Waals surface area contributed by atoms with Gasteiger partial charge in [-0.05, 0) is 24.4 Å². The van der Waals surface area contributed by atoms with Gasteiger partial charge in [0.15, 0.2) is 0 Å². The van der Waals surface area contributed by atoms with E-state index in [0.29, 0.717) is 0 Å². The molecule has 0 aliphatic carbocycles. The van der Waals surface area contributed by atoms with E-state index in [2.05, 4.69) is 36.7 Å². The van der Waals surface area contributed by atoms with Crippen LogP contribution in [-0.2, 0) is 4.79 Å². The smallest absolute Gasteiger partial charge is 0.202 e. The van der Waals surface area contributed by atoms with Gasteiger partial charge in [-0.1, -0.05) is 0 Å². The highest BCUT2D eigenvalue weighted by Gasteiger charge is 1.07. The highest BCUT2D eigenvalue weighted by molar-refractivity contribution is 7.93. The monoisotopic (exact) mass is 136 g/mol. The molecule has 0 unspecified atom stereocenters. The lowest BCUT2D eigenvalue weighted by atomic mass is 11.9. The summed E-state index contributed by atoms with van der Waals surface area (Å²) in [5.74, 6) is 0. The van der Waals surface area contributed by atoms with E-state index in [1.54, 1.807) is 0 Å². The highest BCUT2D eigenvalue weighted by atomic mass is 32.1. The predicted molar refractivity (Wildman–Crippen MR) is 33.5 cm³/mol. The molecule has 0 heterocycles. The summed E-state index contributed by atoms with van der Waals surface area (Å²) in [5.41, 5.74) is 0. The Morgan fingerprint density at radius 1 is 1.17 bits per heavy atom. The number of hydrogen-bond donors (Lipinski definition) is 0. The van der Waals surface area contributed by atoms with Gasteiger partial charge in [0.2, 0.25) is 5.23 Å². The van der Waals surface area contributed by atoms with Crippen LogP contribution >= 0.6 is 36.7 Å². The minimum Gasteiger partial charge on any atom is -0.220 e. The van der Waals surface area contributed by atoms with Gasteiger partial charge in [0.05, 0.1) is 0 Å². The number of thiocarbonyl (C=S) groups is 3. The summed E-state index contributed by atoms with van der Waals surface area (Å²) < 4.78 is 1.92. The fourth-order valence-electron chi connectivity index (χ4n) is 0. The van der Waals surface area contributed by atoms with Crippen LogP contribution in [0.25, 0.3) is 0 Å². The Balaban J connectivity index is 0. The van der Waals surface area contributed by atoms with Crippen LogP contribution in [0.15, 0.2) is 0 Å². The third-order valence-corrected chi connectivity index (χ3v) is 0. The second kappa shape index (κ2) is 19.9. The Labute approximate surface area is 51.3 Å². The second-order valence-electron chi connectivity index (χ2n) is 0.167. The summed E-state index contributed by atoms with van der Waals surface area (Å²) in [6, 6.07) is 0. The lowest BCUT2D eigenvalue weighted by molar-refractivity contribution is 0.572. The quantitative estimate of drug-likeness (QED) is 0.466. The van der Waals surface area contributed by atoms with Gasteiger partial charge in [0.1, 0.15) is 0 Å². The molecule has 0 amide bonds. The third kappa shape index (κ3) is 91700. The van der Waals surface area contributed by atoms with Crippen molar-refractivity contribution in [2.24, 2.45) is 0 Å². The first-order valence-corrected chi connectivity index (χ1v) is 2.04. The van der Waals surface area contributed by atoms with Gasteiger partial charge in [-0.3, -0.25) is 0 Å². The molecule has 0 aliphatic heterocycles. The molecule has 0 N–H and O–H groups in total. The maximum atomic E-state index is 8.50. The third-order valence-electron chi connectivity index (χ3n) is 0. The number of carbonyl (C=O) groups excluding carboxylic acids is 1. The fraction of sp³-hybridized carbons (Fsp3) is 0. The molecular formula is C2OS3. The maximum Gasteiger partial charge on any atom is 0.202 e. The minimum absolute atomic E-state index is 1.08. The molecule has 0 fully saturated rings. The van der Waals surface area contributed by atoms with Crippen LogP contribution in [0.4, 0.5) is 0 Å². The van der Waals surface area contributed by atoms with Crippen molar-refractivity contribution in [2.45, 2.75) is 0 Å². The number of hydrogen-bond acceptors (Lipinski definition) is 4. The van der Waals surface area contributed by atoms with E-state index in [1.807, 2.05) is 4.31 Å². The fourth-order valence-corrected chi connectivity index (χ4v) is 0. The zero-order chi connectivity index (χ0) is 5.41. The molecule has 0 radical (unpaired) electrons. The molecule has 0 spiro atoms. The van der Waals surface area contributed by atoms with Crippen molar-refractivity contribution >= 4 is 46.2 Å². The van der Waals surface area contributed by atoms with E-state index in [0.717, 1.165) is 5.23 Å². The lowest BCUT2D eigenvalue weighted by Crippen LogP contribution is -1.08. The first-order valence-electron chi connectivity index (χ1n) is 0.816. The average molecular weight is 136 g/mol. The van der Waals surface area contributed by atoms with Crippen LogP contribution < -0.4 is 0 Å². The molecule has 0 bridgehead atoms. The van der Waals surface area contributed by atoms with Crippen LogP contribution in [-0.4, -0.2) is 9.55 Å². The second-order valence-corrected chi connectivity index (χ2v) is 1.000. The van der Waals surface area contributed by atoms with Gasteiger partial charge in [0.25, 0.3) is 0 Å². The van der Waals surface area contributed by atoms with Gasteiger partial charge < -0.3 is 0 Å². The van der Waals surface area contributed by atoms with Crippen molar-refractivity contribution in [3.8, 4) is 0 Å². The van der Waals surface area contributed by atoms with Crippen LogP contribution in [0.2, 0.25) is 0 Å². The van der Waals surface area contributed by atoms with Gasteiger partial charge in [-0.25, -0.2) is 4.79 Å². The molecule has 4 heteroatoms. The van der Waals surface area contributed by atoms with Gasteiger partial charge in [-0.15, -0.1) is 0 Å². The topological polar surface area (TPSA) is 17.1 Å². The van der Waals surface area contributed by atoms with Gasteiger partial charge in [-0.2, -0.15) is 0 Å². The predicted octanol–water partition coefficient (Wildman–Crippen LogP) is 1.27.